The molecule has 1 saturated heterocycles. The van der Waals surface area contributed by atoms with E-state index in [9.17, 15) is 14.4 Å². The molecular weight excluding hydrogens is 254 g/mol. The number of nitrogens with zero attached hydrogens (tertiary/aromatic N) is 1. The lowest BCUT2D eigenvalue weighted by molar-refractivity contribution is -0.141. The van der Waals surface area contributed by atoms with Crippen LogP contribution in [0.1, 0.15) is 39.1 Å². The van der Waals surface area contributed by atoms with Gasteiger partial charge in [0.2, 0.25) is 0 Å². The average molecular weight is 267 g/mol. The first kappa shape index (κ1) is 12.8. The Labute approximate surface area is 108 Å². The third-order valence-electron chi connectivity index (χ3n) is 2.96. The van der Waals surface area contributed by atoms with Crippen molar-refractivity contribution >= 4 is 29.0 Å². The second-order valence-corrected chi connectivity index (χ2v) is 5.30. The van der Waals surface area contributed by atoms with Gasteiger partial charge < -0.3 is 10.0 Å². The number of hydrogen-bond donors (Lipinski definition) is 1. The molecule has 6 heteroatoms. The fraction of sp³-hybridized carbons (Fsp3) is 0.417. The van der Waals surface area contributed by atoms with Gasteiger partial charge in [-0.15, -0.1) is 11.3 Å². The van der Waals surface area contributed by atoms with E-state index < -0.39 is 12.0 Å². The molecule has 0 spiro atoms. The SMILES string of the molecule is CC(=O)c1ccc(C(=O)N2CCC[C@H]2C(=O)O)s1. The lowest BCUT2D eigenvalue weighted by Crippen LogP contribution is -2.40. The Kier molecular flexibility index (Phi) is 3.47. The standard InChI is InChI=1S/C12H13NO4S/c1-7(14)9-4-5-10(18-9)11(15)13-6-2-3-8(13)12(16)17/h4-5,8H,2-3,6H2,1H3,(H,16,17)/t8-/m0/s1. The fourth-order valence-corrected chi connectivity index (χ4v) is 2.91. The number of carboxylic acid groups (broad SMARTS) is 1. The van der Waals surface area contributed by atoms with E-state index >= 15 is 0 Å². The molecule has 1 N–H and O–H groups in total. The van der Waals surface area contributed by atoms with Gasteiger partial charge in [0.25, 0.3) is 5.91 Å². The first-order valence-electron chi connectivity index (χ1n) is 5.65. The van der Waals surface area contributed by atoms with Crippen LogP contribution in [0.25, 0.3) is 0 Å². The lowest BCUT2D eigenvalue weighted by atomic mass is 10.2. The van der Waals surface area contributed by atoms with Crippen LogP contribution in [0.4, 0.5) is 0 Å². The highest BCUT2D eigenvalue weighted by Crippen LogP contribution is 2.24. The Morgan fingerprint density at radius 3 is 2.56 bits per heavy atom. The lowest BCUT2D eigenvalue weighted by Gasteiger charge is -2.20. The summed E-state index contributed by atoms with van der Waals surface area (Å²) in [5.74, 6) is -1.35. The molecule has 1 atom stereocenters. The predicted molar refractivity (Wildman–Crippen MR) is 66.0 cm³/mol. The van der Waals surface area contributed by atoms with Crippen LogP contribution in [0, 0.1) is 0 Å². The molecular formula is C12H13NO4S. The van der Waals surface area contributed by atoms with Crippen molar-refractivity contribution in [3.63, 3.8) is 0 Å². The van der Waals surface area contributed by atoms with Gasteiger partial charge in [-0.1, -0.05) is 0 Å². The molecule has 1 aromatic rings. The minimum absolute atomic E-state index is 0.0877. The molecule has 1 amide bonds. The van der Waals surface area contributed by atoms with Crippen LogP contribution in [-0.4, -0.2) is 40.3 Å². The molecule has 1 fully saturated rings. The van der Waals surface area contributed by atoms with Crippen LogP contribution >= 0.6 is 11.3 Å². The van der Waals surface area contributed by atoms with Gasteiger partial charge in [-0.3, -0.25) is 9.59 Å². The van der Waals surface area contributed by atoms with Crippen molar-refractivity contribution in [2.75, 3.05) is 6.54 Å². The number of rotatable bonds is 3. The van der Waals surface area contributed by atoms with Crippen molar-refractivity contribution in [3.8, 4) is 0 Å². The summed E-state index contributed by atoms with van der Waals surface area (Å²) in [6.07, 6.45) is 1.19. The van der Waals surface area contributed by atoms with Crippen LogP contribution in [-0.2, 0) is 4.79 Å². The number of Topliss-reactive ketones (excluding diaryl/α,β-unsaturated/α-hetero) is 1. The Morgan fingerprint density at radius 2 is 2.00 bits per heavy atom. The van der Waals surface area contributed by atoms with Crippen molar-refractivity contribution in [2.24, 2.45) is 0 Å². The van der Waals surface area contributed by atoms with E-state index in [1.807, 2.05) is 0 Å². The van der Waals surface area contributed by atoms with Crippen LogP contribution in [0.2, 0.25) is 0 Å². The van der Waals surface area contributed by atoms with Gasteiger partial charge in [0, 0.05) is 6.54 Å². The van der Waals surface area contributed by atoms with Crippen LogP contribution in [0.3, 0.4) is 0 Å². The highest BCUT2D eigenvalue weighted by molar-refractivity contribution is 7.15. The van der Waals surface area contributed by atoms with E-state index in [-0.39, 0.29) is 11.7 Å². The van der Waals surface area contributed by atoms with Gasteiger partial charge in [-0.25, -0.2) is 4.79 Å². The van der Waals surface area contributed by atoms with Gasteiger partial charge >= 0.3 is 5.97 Å². The first-order chi connectivity index (χ1) is 8.50. The first-order valence-corrected chi connectivity index (χ1v) is 6.47. The quantitative estimate of drug-likeness (QED) is 0.845. The smallest absolute Gasteiger partial charge is 0.326 e. The minimum atomic E-state index is -0.968. The molecule has 0 radical (unpaired) electrons. The fourth-order valence-electron chi connectivity index (χ4n) is 2.05. The molecule has 0 unspecified atom stereocenters. The summed E-state index contributed by atoms with van der Waals surface area (Å²) in [6, 6.07) is 2.45. The third kappa shape index (κ3) is 2.28. The minimum Gasteiger partial charge on any atom is -0.480 e. The van der Waals surface area contributed by atoms with Gasteiger partial charge in [-0.2, -0.15) is 0 Å². The number of hydrogen-bond acceptors (Lipinski definition) is 4. The molecule has 2 heterocycles. The number of amides is 1. The Morgan fingerprint density at radius 1 is 1.33 bits per heavy atom. The molecule has 0 bridgehead atoms. The number of ketones is 1. The summed E-state index contributed by atoms with van der Waals surface area (Å²) in [6.45, 7) is 1.90. The summed E-state index contributed by atoms with van der Waals surface area (Å²) >= 11 is 1.12. The summed E-state index contributed by atoms with van der Waals surface area (Å²) in [5.41, 5.74) is 0. The van der Waals surface area contributed by atoms with Crippen molar-refractivity contribution in [1.82, 2.24) is 4.90 Å². The number of thiophene rings is 1. The summed E-state index contributed by atoms with van der Waals surface area (Å²) in [4.78, 5) is 36.7. The van der Waals surface area contributed by atoms with E-state index in [0.717, 1.165) is 11.3 Å². The predicted octanol–water partition coefficient (Wildman–Crippen LogP) is 1.64. The second kappa shape index (κ2) is 4.89. The van der Waals surface area contributed by atoms with E-state index in [1.54, 1.807) is 12.1 Å². The van der Waals surface area contributed by atoms with Crippen molar-refractivity contribution in [3.05, 3.63) is 21.9 Å². The molecule has 0 aromatic carbocycles. The molecule has 1 aliphatic heterocycles. The Bertz CT molecular complexity index is 508. The Hall–Kier alpha value is -1.69. The maximum atomic E-state index is 12.2. The van der Waals surface area contributed by atoms with Crippen LogP contribution in [0.5, 0.6) is 0 Å². The molecule has 1 aromatic heterocycles. The average Bonchev–Trinajstić information content (AvgIpc) is 2.97. The monoisotopic (exact) mass is 267 g/mol. The largest absolute Gasteiger partial charge is 0.480 e. The number of carbonyl (C=O) groups excluding carboxylic acids is 2. The molecule has 18 heavy (non-hydrogen) atoms. The highest BCUT2D eigenvalue weighted by atomic mass is 32.1. The second-order valence-electron chi connectivity index (χ2n) is 4.21. The maximum absolute atomic E-state index is 12.2. The van der Waals surface area contributed by atoms with Crippen molar-refractivity contribution in [1.29, 1.82) is 0 Å². The number of aliphatic carboxylic acids is 1. The molecule has 0 saturated carbocycles. The number of carbonyl (C=O) groups is 3. The zero-order valence-corrected chi connectivity index (χ0v) is 10.7. The molecule has 2 rings (SSSR count). The van der Waals surface area contributed by atoms with E-state index in [0.29, 0.717) is 29.1 Å². The van der Waals surface area contributed by atoms with E-state index in [4.69, 9.17) is 5.11 Å². The topological polar surface area (TPSA) is 74.7 Å². The van der Waals surface area contributed by atoms with E-state index in [2.05, 4.69) is 0 Å². The molecule has 96 valence electrons. The van der Waals surface area contributed by atoms with Crippen molar-refractivity contribution < 1.29 is 19.5 Å². The van der Waals surface area contributed by atoms with Gasteiger partial charge in [-0.05, 0) is 31.9 Å². The maximum Gasteiger partial charge on any atom is 0.326 e. The zero-order chi connectivity index (χ0) is 13.3. The molecule has 1 aliphatic rings. The summed E-state index contributed by atoms with van der Waals surface area (Å²) in [5, 5.41) is 9.03. The van der Waals surface area contributed by atoms with Crippen LogP contribution in [0.15, 0.2) is 12.1 Å². The highest BCUT2D eigenvalue weighted by Gasteiger charge is 2.34. The Balaban J connectivity index is 2.20. The summed E-state index contributed by atoms with van der Waals surface area (Å²) in [7, 11) is 0. The third-order valence-corrected chi connectivity index (χ3v) is 4.14. The molecule has 5 nitrogen and oxygen atoms in total. The number of likely N-dealkylation sites (tertiary alicyclic amines) is 1. The van der Waals surface area contributed by atoms with Crippen molar-refractivity contribution in [2.45, 2.75) is 25.8 Å². The van der Waals surface area contributed by atoms with Gasteiger partial charge in [0.15, 0.2) is 5.78 Å². The van der Waals surface area contributed by atoms with Crippen LogP contribution < -0.4 is 0 Å². The molecule has 0 aliphatic carbocycles. The number of carboxylic acids is 1. The van der Waals surface area contributed by atoms with E-state index in [1.165, 1.54) is 11.8 Å². The normalized spacial score (nSPS) is 18.9. The zero-order valence-electron chi connectivity index (χ0n) is 9.88. The summed E-state index contributed by atoms with van der Waals surface area (Å²) < 4.78 is 0. The van der Waals surface area contributed by atoms with Gasteiger partial charge in [0.1, 0.15) is 6.04 Å². The van der Waals surface area contributed by atoms with Gasteiger partial charge in [0.05, 0.1) is 9.75 Å².